The summed E-state index contributed by atoms with van der Waals surface area (Å²) in [5.74, 6) is -0.489. The van der Waals surface area contributed by atoms with Gasteiger partial charge in [-0.15, -0.1) is 0 Å². The van der Waals surface area contributed by atoms with Crippen LogP contribution in [-0.2, 0) is 15.5 Å². The van der Waals surface area contributed by atoms with Crippen molar-refractivity contribution in [3.63, 3.8) is 0 Å². The van der Waals surface area contributed by atoms with E-state index in [0.717, 1.165) is 0 Å². The van der Waals surface area contributed by atoms with Crippen molar-refractivity contribution in [3.05, 3.63) is 12.0 Å². The van der Waals surface area contributed by atoms with E-state index in [-0.39, 0.29) is 11.5 Å². The predicted molar refractivity (Wildman–Crippen MR) is 87.0 cm³/mol. The Morgan fingerprint density at radius 2 is 1.96 bits per heavy atom. The molecule has 3 heterocycles. The monoisotopic (exact) mass is 342 g/mol. The van der Waals surface area contributed by atoms with Crippen LogP contribution >= 0.6 is 0 Å². The highest BCUT2D eigenvalue weighted by molar-refractivity contribution is 7.91. The Morgan fingerprint density at radius 1 is 1.30 bits per heavy atom. The van der Waals surface area contributed by atoms with Crippen LogP contribution in [0.2, 0.25) is 0 Å². The SMILES string of the molecule is CNc1ncnc2c1NC(N)(N1CCS(=O)(=O)CC1)NC2(C)N. The Kier molecular flexibility index (Phi) is 3.72. The third kappa shape index (κ3) is 2.85. The first kappa shape index (κ1) is 16.3. The van der Waals surface area contributed by atoms with Gasteiger partial charge in [-0.1, -0.05) is 0 Å². The van der Waals surface area contributed by atoms with Gasteiger partial charge in [0, 0.05) is 20.1 Å². The normalized spacial score (nSPS) is 33.6. The van der Waals surface area contributed by atoms with Gasteiger partial charge in [0.25, 0.3) is 0 Å². The second kappa shape index (κ2) is 5.24. The van der Waals surface area contributed by atoms with Crippen LogP contribution in [0.5, 0.6) is 0 Å². The first-order chi connectivity index (χ1) is 10.7. The largest absolute Gasteiger partial charge is 0.371 e. The molecule has 3 rings (SSSR count). The minimum atomic E-state index is -3.00. The zero-order valence-corrected chi connectivity index (χ0v) is 13.9. The average Bonchev–Trinajstić information content (AvgIpc) is 2.45. The van der Waals surface area contributed by atoms with E-state index >= 15 is 0 Å². The summed E-state index contributed by atoms with van der Waals surface area (Å²) in [7, 11) is -1.26. The quantitative estimate of drug-likeness (QED) is 0.407. The van der Waals surface area contributed by atoms with Crippen molar-refractivity contribution in [2.24, 2.45) is 11.5 Å². The van der Waals surface area contributed by atoms with Crippen LogP contribution in [0.3, 0.4) is 0 Å². The summed E-state index contributed by atoms with van der Waals surface area (Å²) in [5, 5.41) is 9.29. The van der Waals surface area contributed by atoms with Crippen molar-refractivity contribution in [1.82, 2.24) is 20.2 Å². The van der Waals surface area contributed by atoms with E-state index < -0.39 is 21.4 Å². The molecule has 2 atom stereocenters. The number of sulfone groups is 1. The highest BCUT2D eigenvalue weighted by atomic mass is 32.2. The molecule has 128 valence electrons. The molecule has 1 fully saturated rings. The van der Waals surface area contributed by atoms with Gasteiger partial charge in [-0.2, -0.15) is 0 Å². The van der Waals surface area contributed by atoms with Crippen molar-refractivity contribution in [1.29, 1.82) is 0 Å². The van der Waals surface area contributed by atoms with E-state index in [1.54, 1.807) is 14.0 Å². The molecular formula is C12H22N8O2S. The van der Waals surface area contributed by atoms with Crippen molar-refractivity contribution in [3.8, 4) is 0 Å². The Labute approximate surface area is 134 Å². The van der Waals surface area contributed by atoms with E-state index in [2.05, 4.69) is 25.9 Å². The summed E-state index contributed by atoms with van der Waals surface area (Å²) in [5.41, 5.74) is 13.0. The van der Waals surface area contributed by atoms with E-state index in [4.69, 9.17) is 11.5 Å². The lowest BCUT2D eigenvalue weighted by Gasteiger charge is -2.51. The molecule has 11 heteroatoms. The fraction of sp³-hybridized carbons (Fsp3) is 0.667. The Bertz CT molecular complexity index is 708. The summed E-state index contributed by atoms with van der Waals surface area (Å²) in [6, 6.07) is 0. The van der Waals surface area contributed by atoms with Gasteiger partial charge < -0.3 is 16.4 Å². The van der Waals surface area contributed by atoms with Gasteiger partial charge in [0.1, 0.15) is 23.4 Å². The van der Waals surface area contributed by atoms with Crippen molar-refractivity contribution >= 4 is 21.3 Å². The number of hydrogen-bond acceptors (Lipinski definition) is 10. The minimum absolute atomic E-state index is 0.0631. The van der Waals surface area contributed by atoms with Gasteiger partial charge in [0.2, 0.25) is 5.91 Å². The lowest BCUT2D eigenvalue weighted by Crippen LogP contribution is -2.79. The fourth-order valence-electron chi connectivity index (χ4n) is 2.99. The maximum atomic E-state index is 11.6. The molecule has 0 saturated carbocycles. The molecule has 0 radical (unpaired) electrons. The number of anilines is 2. The van der Waals surface area contributed by atoms with Crippen LogP contribution in [0, 0.1) is 0 Å². The highest BCUT2D eigenvalue weighted by Crippen LogP contribution is 2.35. The first-order valence-electron chi connectivity index (χ1n) is 7.31. The van der Waals surface area contributed by atoms with Gasteiger partial charge in [0.15, 0.2) is 15.7 Å². The molecule has 0 aliphatic carbocycles. The predicted octanol–water partition coefficient (Wildman–Crippen LogP) is -2.03. The van der Waals surface area contributed by atoms with Crippen LogP contribution < -0.4 is 27.4 Å². The number of nitrogens with zero attached hydrogens (tertiary/aromatic N) is 3. The molecule has 0 bridgehead atoms. The van der Waals surface area contributed by atoms with Crippen molar-refractivity contribution in [2.75, 3.05) is 42.3 Å². The molecule has 2 unspecified atom stereocenters. The van der Waals surface area contributed by atoms with Crippen LogP contribution in [0.1, 0.15) is 12.6 Å². The van der Waals surface area contributed by atoms with Gasteiger partial charge in [0.05, 0.1) is 11.5 Å². The van der Waals surface area contributed by atoms with E-state index in [0.29, 0.717) is 30.3 Å². The molecule has 2 aliphatic heterocycles. The number of rotatable bonds is 2. The van der Waals surface area contributed by atoms with E-state index in [1.807, 2.05) is 4.90 Å². The molecule has 2 aliphatic rings. The first-order valence-corrected chi connectivity index (χ1v) is 9.13. The lowest BCUT2D eigenvalue weighted by atomic mass is 10.0. The van der Waals surface area contributed by atoms with Crippen molar-refractivity contribution < 1.29 is 8.42 Å². The van der Waals surface area contributed by atoms with Crippen LogP contribution in [0.25, 0.3) is 0 Å². The Morgan fingerprint density at radius 3 is 2.57 bits per heavy atom. The van der Waals surface area contributed by atoms with Crippen molar-refractivity contribution in [2.45, 2.75) is 18.5 Å². The summed E-state index contributed by atoms with van der Waals surface area (Å²) >= 11 is 0. The van der Waals surface area contributed by atoms with Crippen LogP contribution in [-0.4, -0.2) is 60.8 Å². The van der Waals surface area contributed by atoms with Gasteiger partial charge in [-0.05, 0) is 6.92 Å². The smallest absolute Gasteiger partial charge is 0.204 e. The second-order valence-electron chi connectivity index (χ2n) is 6.05. The molecule has 1 saturated heterocycles. The highest BCUT2D eigenvalue weighted by Gasteiger charge is 2.47. The molecule has 1 aromatic heterocycles. The van der Waals surface area contributed by atoms with Gasteiger partial charge >= 0.3 is 0 Å². The number of aromatic nitrogens is 2. The van der Waals surface area contributed by atoms with Crippen LogP contribution in [0.15, 0.2) is 6.33 Å². The summed E-state index contributed by atoms with van der Waals surface area (Å²) in [6.07, 6.45) is 1.43. The minimum Gasteiger partial charge on any atom is -0.371 e. The Balaban J connectivity index is 1.97. The number of nitrogens with two attached hydrogens (primary N) is 2. The number of fused-ring (bicyclic) bond motifs is 1. The molecule has 0 amide bonds. The lowest BCUT2D eigenvalue weighted by molar-refractivity contribution is 0.0506. The third-order valence-electron chi connectivity index (χ3n) is 4.19. The van der Waals surface area contributed by atoms with Crippen LogP contribution in [0.4, 0.5) is 11.5 Å². The molecule has 0 aromatic carbocycles. The number of hydrogen-bond donors (Lipinski definition) is 5. The summed E-state index contributed by atoms with van der Waals surface area (Å²) < 4.78 is 23.3. The molecule has 0 spiro atoms. The third-order valence-corrected chi connectivity index (χ3v) is 5.79. The average molecular weight is 342 g/mol. The van der Waals surface area contributed by atoms with E-state index in [9.17, 15) is 8.42 Å². The van der Waals surface area contributed by atoms with Gasteiger partial charge in [-0.3, -0.25) is 10.6 Å². The topological polar surface area (TPSA) is 151 Å². The summed E-state index contributed by atoms with van der Waals surface area (Å²) in [4.78, 5) is 10.2. The molecule has 23 heavy (non-hydrogen) atoms. The molecular weight excluding hydrogens is 320 g/mol. The molecule has 7 N–H and O–H groups in total. The zero-order chi connectivity index (χ0) is 16.9. The maximum Gasteiger partial charge on any atom is 0.204 e. The Hall–Kier alpha value is -1.53. The standard InChI is InChI=1S/C12H22N8O2S/c1-11(13)9-8(10(15-2)17-7-16-9)18-12(14,19-11)20-3-5-23(21,22)6-4-20/h7,18-19H,3-6,13-14H2,1-2H3,(H,15,16,17). The maximum absolute atomic E-state index is 11.6. The zero-order valence-electron chi connectivity index (χ0n) is 13.1. The second-order valence-corrected chi connectivity index (χ2v) is 8.36. The van der Waals surface area contributed by atoms with Gasteiger partial charge in [-0.25, -0.2) is 23.7 Å². The fourth-order valence-corrected chi connectivity index (χ4v) is 4.19. The number of nitrogens with one attached hydrogen (secondary N) is 3. The molecule has 1 aromatic rings. The molecule has 10 nitrogen and oxygen atoms in total. The summed E-state index contributed by atoms with van der Waals surface area (Å²) in [6.45, 7) is 2.39. The van der Waals surface area contributed by atoms with E-state index in [1.165, 1.54) is 6.33 Å².